The molecule has 456 valence electrons. The van der Waals surface area contributed by atoms with Crippen molar-refractivity contribution in [2.45, 2.75) is 132 Å². The summed E-state index contributed by atoms with van der Waals surface area (Å²) in [6.07, 6.45) is 1.96. The van der Waals surface area contributed by atoms with Crippen molar-refractivity contribution in [1.82, 2.24) is 40.9 Å². The number of alkyl halides is 2. The predicted molar refractivity (Wildman–Crippen MR) is 300 cm³/mol. The molecule has 3 aromatic carbocycles. The molecule has 6 heterocycles. The number of primary amides is 1. The van der Waals surface area contributed by atoms with Gasteiger partial charge in [0, 0.05) is 92.8 Å². The highest BCUT2D eigenvalue weighted by Gasteiger charge is 2.51. The second kappa shape index (κ2) is 25.9. The third kappa shape index (κ3) is 13.8. The lowest BCUT2D eigenvalue weighted by Crippen LogP contribution is -2.62. The second-order valence-corrected chi connectivity index (χ2v) is 24.9. The molecule has 0 aliphatic carbocycles. The van der Waals surface area contributed by atoms with Crippen LogP contribution in [-0.2, 0) is 61.6 Å². The Bertz CT molecular complexity index is 3540. The Morgan fingerprint density at radius 3 is 2.33 bits per heavy atom. The van der Waals surface area contributed by atoms with E-state index in [0.29, 0.717) is 42.4 Å². The normalized spacial score (nSPS) is 20.9. The Balaban J connectivity index is 0.862. The third-order valence-corrected chi connectivity index (χ3v) is 18.6. The highest BCUT2D eigenvalue weighted by Crippen LogP contribution is 2.59. The molecule has 28 heteroatoms. The number of piperidine rings is 2. The summed E-state index contributed by atoms with van der Waals surface area (Å²) in [4.78, 5) is 159. The number of halogens is 4. The van der Waals surface area contributed by atoms with Gasteiger partial charge in [-0.3, -0.25) is 57.8 Å². The van der Waals surface area contributed by atoms with E-state index in [9.17, 15) is 79.9 Å². The van der Waals surface area contributed by atoms with Gasteiger partial charge in [0.2, 0.25) is 47.3 Å². The number of fused-ring (bicyclic) bond motifs is 3. The highest BCUT2D eigenvalue weighted by atomic mass is 32.1. The van der Waals surface area contributed by atoms with Crippen molar-refractivity contribution in [2.75, 3.05) is 26.2 Å². The minimum Gasteiger partial charge on any atom is -0.370 e. The van der Waals surface area contributed by atoms with E-state index in [1.165, 1.54) is 38.7 Å². The number of amides is 10. The minimum atomic E-state index is -5.93. The summed E-state index contributed by atoms with van der Waals surface area (Å²) in [7, 11) is -5.93. The van der Waals surface area contributed by atoms with Gasteiger partial charge in [-0.1, -0.05) is 30.0 Å². The van der Waals surface area contributed by atoms with Gasteiger partial charge >= 0.3 is 13.3 Å². The quantitative estimate of drug-likeness (QED) is 0.0346. The largest absolute Gasteiger partial charge is 0.399 e. The zero-order valence-electron chi connectivity index (χ0n) is 46.5. The van der Waals surface area contributed by atoms with Crippen LogP contribution < -0.4 is 27.0 Å². The van der Waals surface area contributed by atoms with Crippen molar-refractivity contribution < 1.29 is 79.9 Å². The number of nitrogens with one attached hydrogen (secondary N) is 4. The number of carbonyl (C=O) groups is 10. The summed E-state index contributed by atoms with van der Waals surface area (Å²) in [5.74, 6) is -2.34. The van der Waals surface area contributed by atoms with Crippen molar-refractivity contribution in [2.24, 2.45) is 11.7 Å². The van der Waals surface area contributed by atoms with Crippen molar-refractivity contribution >= 4 is 88.1 Å². The number of hydrogen-bond acceptors (Lipinski definition) is 12. The second-order valence-electron chi connectivity index (χ2n) is 22.1. The van der Waals surface area contributed by atoms with E-state index >= 15 is 0 Å². The van der Waals surface area contributed by atoms with Gasteiger partial charge in [-0.25, -0.2) is 8.78 Å². The maximum Gasteiger partial charge on any atom is 0.399 e. The number of hydrogen-bond donors (Lipinski definition) is 7. The maximum atomic E-state index is 14.7. The molecule has 5 aliphatic rings. The molecule has 4 aromatic rings. The molecule has 10 amide bonds. The Hall–Kier alpha value is -8.05. The molecule has 9 rings (SSSR count). The van der Waals surface area contributed by atoms with Crippen molar-refractivity contribution in [3.05, 3.63) is 105 Å². The van der Waals surface area contributed by atoms with Crippen molar-refractivity contribution in [3.8, 4) is 11.8 Å². The van der Waals surface area contributed by atoms with Crippen LogP contribution >= 0.6 is 18.9 Å². The molecule has 6 atom stereocenters. The highest BCUT2D eigenvalue weighted by molar-refractivity contribution is 7.52. The molecule has 4 saturated heterocycles. The van der Waals surface area contributed by atoms with E-state index < -0.39 is 120 Å². The average molecular weight is 1230 g/mol. The molecule has 4 fully saturated rings. The van der Waals surface area contributed by atoms with Crippen LogP contribution in [-0.4, -0.2) is 151 Å². The van der Waals surface area contributed by atoms with Gasteiger partial charge in [-0.2, -0.15) is 8.78 Å². The van der Waals surface area contributed by atoms with Gasteiger partial charge < -0.3 is 51.1 Å². The van der Waals surface area contributed by atoms with Crippen LogP contribution in [0, 0.1) is 29.4 Å². The van der Waals surface area contributed by atoms with Gasteiger partial charge in [0.25, 0.3) is 11.8 Å². The van der Waals surface area contributed by atoms with Crippen LogP contribution in [0.25, 0.3) is 10.1 Å². The molecule has 1 aromatic heterocycles. The molecule has 86 heavy (non-hydrogen) atoms. The van der Waals surface area contributed by atoms with Crippen molar-refractivity contribution in [1.29, 1.82) is 0 Å². The molecule has 22 nitrogen and oxygen atoms in total. The lowest BCUT2D eigenvalue weighted by atomic mass is 9.91. The van der Waals surface area contributed by atoms with Gasteiger partial charge in [-0.15, -0.1) is 11.3 Å². The molecule has 0 saturated carbocycles. The Morgan fingerprint density at radius 1 is 0.884 bits per heavy atom. The number of rotatable bonds is 17. The zero-order chi connectivity index (χ0) is 61.9. The number of likely N-dealkylation sites (tertiary alicyclic amines) is 1. The fourth-order valence-corrected chi connectivity index (χ4v) is 13.2. The van der Waals surface area contributed by atoms with Gasteiger partial charge in [0.15, 0.2) is 11.6 Å². The maximum absolute atomic E-state index is 14.7. The summed E-state index contributed by atoms with van der Waals surface area (Å²) in [5.41, 5.74) is 1.91. The lowest BCUT2D eigenvalue weighted by Gasteiger charge is -2.38. The molecule has 5 aliphatic heterocycles. The van der Waals surface area contributed by atoms with Gasteiger partial charge in [0.1, 0.15) is 30.2 Å². The zero-order valence-corrected chi connectivity index (χ0v) is 48.2. The van der Waals surface area contributed by atoms with E-state index in [1.54, 1.807) is 18.2 Å². The smallest absolute Gasteiger partial charge is 0.370 e. The van der Waals surface area contributed by atoms with E-state index in [0.717, 1.165) is 41.7 Å². The van der Waals surface area contributed by atoms with Gasteiger partial charge in [0.05, 0.1) is 4.88 Å². The Morgan fingerprint density at radius 2 is 1.63 bits per heavy atom. The van der Waals surface area contributed by atoms with Crippen molar-refractivity contribution in [3.63, 3.8) is 0 Å². The molecule has 1 unspecified atom stereocenters. The van der Waals surface area contributed by atoms with E-state index in [4.69, 9.17) is 5.73 Å². The number of benzene rings is 3. The standard InChI is InChI=1S/C58H62F4N9O13PS/c1-31(72)69-24-21-37-11-14-46(71(37)57(81)44(30-69)66-54(78)48-28-35-27-36(10-16-47(35)86-48)58(61,62)85(82,83)84)53(77)64-42(13-17-49(63)73)51(75)65-43(26-33-9-12-40(59)41(60)25-33)56(80)68-22-19-32(20-23-68)5-2-3-6-34-7-4-8-38-39(34)29-70(55(38)79)45-15-18-50(74)67-52(45)76/h4,7-10,12,16,25,27-28,32,37,42-46H,2,5,11,13-15,17-24,26,29-30H2,1H3,(H2,63,73)(H,64,77)(H,65,75)(H,66,78)(H,67,74,76)(H2,82,83,84)/t37-,42+,43+,44+,45?,46+/m1/s1. The SMILES string of the molecule is CC(=O)N1CC[C@H]2CC[C@@H](C(=O)N[C@@H](CCC(N)=O)C(=O)N[C@@H](Cc3ccc(F)c(F)c3)C(=O)N3CCC(CCC#Cc4cccc5c4CN(C4CCC(=O)NC4=O)C5=O)CC3)N2C(=O)[C@@H](NC(=O)c2cc3cc(C(F)(F)P(=O)(O)O)ccc3s2)C1. The minimum absolute atomic E-state index is 0.0425. The van der Waals surface area contributed by atoms with Crippen LogP contribution in [0.2, 0.25) is 0 Å². The first kappa shape index (κ1) is 62.5. The molecular formula is C58H62F4N9O13PS. The fraction of sp³-hybridized carbons (Fsp3) is 0.448. The number of nitrogens with two attached hydrogens (primary N) is 1. The number of imide groups is 1. The lowest BCUT2D eigenvalue weighted by molar-refractivity contribution is -0.145. The van der Waals surface area contributed by atoms with E-state index in [-0.39, 0.29) is 116 Å². The summed E-state index contributed by atoms with van der Waals surface area (Å²) >= 11 is 0.831. The summed E-state index contributed by atoms with van der Waals surface area (Å²) in [6.45, 7) is 1.70. The molecule has 0 bridgehead atoms. The first-order valence-electron chi connectivity index (χ1n) is 28.0. The first-order valence-corrected chi connectivity index (χ1v) is 30.4. The topological polar surface area (TPSA) is 315 Å². The first-order chi connectivity index (χ1) is 40.8. The summed E-state index contributed by atoms with van der Waals surface area (Å²) < 4.78 is 69.8. The van der Waals surface area contributed by atoms with Crippen LogP contribution in [0.15, 0.2) is 60.7 Å². The Labute approximate surface area is 494 Å². The van der Waals surface area contributed by atoms with E-state index in [1.807, 2.05) is 0 Å². The number of nitrogens with zero attached hydrogens (tertiary/aromatic N) is 4. The number of thiophene rings is 1. The Kier molecular flexibility index (Phi) is 18.8. The molecule has 0 spiro atoms. The van der Waals surface area contributed by atoms with Crippen LogP contribution in [0.5, 0.6) is 0 Å². The monoisotopic (exact) mass is 1230 g/mol. The average Bonchev–Trinajstić information content (AvgIpc) is 1.98. The van der Waals surface area contributed by atoms with Crippen LogP contribution in [0.3, 0.4) is 0 Å². The summed E-state index contributed by atoms with van der Waals surface area (Å²) in [5, 5.41) is 10.3. The molecule has 8 N–H and O–H groups in total. The molecular weight excluding hydrogens is 1170 g/mol. The fourth-order valence-electron chi connectivity index (χ4n) is 11.8. The molecule has 0 radical (unpaired) electrons. The van der Waals surface area contributed by atoms with E-state index in [2.05, 4.69) is 33.1 Å². The predicted octanol–water partition coefficient (Wildman–Crippen LogP) is 3.43. The van der Waals surface area contributed by atoms with Gasteiger partial charge in [-0.05, 0) is 116 Å². The summed E-state index contributed by atoms with van der Waals surface area (Å²) in [6, 6.07) is 5.09. The third-order valence-electron chi connectivity index (χ3n) is 16.5. The van der Waals surface area contributed by atoms with Crippen LogP contribution in [0.1, 0.15) is 120 Å². The van der Waals surface area contributed by atoms with Crippen LogP contribution in [0.4, 0.5) is 17.6 Å². The number of carbonyl (C=O) groups excluding carboxylic acids is 10.